The number of hydrogen-bond donors (Lipinski definition) is 1. The third kappa shape index (κ3) is 6.91. The molecule has 0 aliphatic rings. The number of rotatable bonds is 9. The Hall–Kier alpha value is -0.0800. The Bertz CT molecular complexity index is 132. The van der Waals surface area contributed by atoms with Crippen LogP contribution in [0.2, 0.25) is 0 Å². The second-order valence-electron chi connectivity index (χ2n) is 4.59. The Morgan fingerprint density at radius 3 is 2.20 bits per heavy atom. The summed E-state index contributed by atoms with van der Waals surface area (Å²) >= 11 is 0. The molecule has 0 radical (unpaired) electrons. The van der Waals surface area contributed by atoms with Crippen molar-refractivity contribution in [2.45, 2.75) is 65.5 Å². The highest BCUT2D eigenvalue weighted by Crippen LogP contribution is 2.03. The van der Waals surface area contributed by atoms with Gasteiger partial charge in [-0.25, -0.2) is 0 Å². The Balaban J connectivity index is 3.57. The topological polar surface area (TPSA) is 15.3 Å². The van der Waals surface area contributed by atoms with Crippen LogP contribution in [0.25, 0.3) is 0 Å². The van der Waals surface area contributed by atoms with E-state index in [1.54, 1.807) is 0 Å². The standard InChI is InChI=1S/C13H30N2/c1-6-9-12(4)15(5)11-10-14-13(7-2)8-3/h12-14H,6-11H2,1-5H3. The molecule has 0 aliphatic heterocycles. The number of nitrogens with one attached hydrogen (secondary N) is 1. The highest BCUT2D eigenvalue weighted by molar-refractivity contribution is 4.67. The molecule has 0 aromatic carbocycles. The minimum atomic E-state index is 0.708. The van der Waals surface area contributed by atoms with Gasteiger partial charge in [0, 0.05) is 25.2 Å². The van der Waals surface area contributed by atoms with Crippen LogP contribution in [0.1, 0.15) is 53.4 Å². The molecule has 0 bridgehead atoms. The molecule has 0 fully saturated rings. The van der Waals surface area contributed by atoms with Crippen molar-refractivity contribution in [1.82, 2.24) is 10.2 Å². The SMILES string of the molecule is CCCC(C)N(C)CCNC(CC)CC. The molecule has 0 heterocycles. The fraction of sp³-hybridized carbons (Fsp3) is 1.00. The van der Waals surface area contributed by atoms with Crippen molar-refractivity contribution in [1.29, 1.82) is 0 Å². The monoisotopic (exact) mass is 214 g/mol. The van der Waals surface area contributed by atoms with Crippen LogP contribution in [0.4, 0.5) is 0 Å². The molecule has 0 rings (SSSR count). The Labute approximate surface area is 96.4 Å². The van der Waals surface area contributed by atoms with Crippen LogP contribution in [-0.2, 0) is 0 Å². The molecule has 92 valence electrons. The zero-order chi connectivity index (χ0) is 11.7. The molecule has 1 unspecified atom stereocenters. The molecular weight excluding hydrogens is 184 g/mol. The van der Waals surface area contributed by atoms with Crippen molar-refractivity contribution in [2.24, 2.45) is 0 Å². The third-order valence-electron chi connectivity index (χ3n) is 3.34. The first kappa shape index (κ1) is 14.9. The molecule has 0 spiro atoms. The lowest BCUT2D eigenvalue weighted by Gasteiger charge is -2.25. The second kappa shape index (κ2) is 9.17. The Morgan fingerprint density at radius 1 is 1.13 bits per heavy atom. The highest BCUT2D eigenvalue weighted by Gasteiger charge is 2.08. The van der Waals surface area contributed by atoms with Gasteiger partial charge in [0.15, 0.2) is 0 Å². The lowest BCUT2D eigenvalue weighted by atomic mass is 10.1. The van der Waals surface area contributed by atoms with Crippen LogP contribution in [0.5, 0.6) is 0 Å². The minimum Gasteiger partial charge on any atom is -0.313 e. The van der Waals surface area contributed by atoms with Crippen molar-refractivity contribution in [3.8, 4) is 0 Å². The van der Waals surface area contributed by atoms with Gasteiger partial charge in [0.05, 0.1) is 0 Å². The van der Waals surface area contributed by atoms with Crippen LogP contribution >= 0.6 is 0 Å². The van der Waals surface area contributed by atoms with E-state index in [-0.39, 0.29) is 0 Å². The smallest absolute Gasteiger partial charge is 0.0107 e. The van der Waals surface area contributed by atoms with Crippen molar-refractivity contribution < 1.29 is 0 Å². The number of hydrogen-bond acceptors (Lipinski definition) is 2. The second-order valence-corrected chi connectivity index (χ2v) is 4.59. The van der Waals surface area contributed by atoms with Gasteiger partial charge < -0.3 is 10.2 Å². The van der Waals surface area contributed by atoms with E-state index in [2.05, 4.69) is 45.0 Å². The van der Waals surface area contributed by atoms with Gasteiger partial charge in [-0.3, -0.25) is 0 Å². The molecule has 0 aliphatic carbocycles. The van der Waals surface area contributed by atoms with Gasteiger partial charge in [-0.2, -0.15) is 0 Å². The van der Waals surface area contributed by atoms with E-state index in [0.717, 1.165) is 19.1 Å². The minimum absolute atomic E-state index is 0.708. The van der Waals surface area contributed by atoms with Crippen molar-refractivity contribution >= 4 is 0 Å². The van der Waals surface area contributed by atoms with E-state index in [1.807, 2.05) is 0 Å². The summed E-state index contributed by atoms with van der Waals surface area (Å²) < 4.78 is 0. The summed E-state index contributed by atoms with van der Waals surface area (Å²) in [6.45, 7) is 11.4. The first-order valence-corrected chi connectivity index (χ1v) is 6.59. The van der Waals surface area contributed by atoms with E-state index in [9.17, 15) is 0 Å². The quantitative estimate of drug-likeness (QED) is 0.635. The molecule has 0 saturated carbocycles. The maximum Gasteiger partial charge on any atom is 0.0107 e. The number of nitrogens with zero attached hydrogens (tertiary/aromatic N) is 1. The zero-order valence-electron chi connectivity index (χ0n) is 11.3. The Kier molecular flexibility index (Phi) is 9.12. The van der Waals surface area contributed by atoms with Crippen LogP contribution in [-0.4, -0.2) is 37.1 Å². The fourth-order valence-electron chi connectivity index (χ4n) is 1.88. The lowest BCUT2D eigenvalue weighted by Crippen LogP contribution is -2.38. The van der Waals surface area contributed by atoms with Crippen LogP contribution in [0.3, 0.4) is 0 Å². The normalized spacial score (nSPS) is 13.8. The summed E-state index contributed by atoms with van der Waals surface area (Å²) in [6.07, 6.45) is 5.07. The van der Waals surface area contributed by atoms with E-state index in [4.69, 9.17) is 0 Å². The molecule has 0 aromatic heterocycles. The summed E-state index contributed by atoms with van der Waals surface area (Å²) in [5.74, 6) is 0. The summed E-state index contributed by atoms with van der Waals surface area (Å²) in [6, 6.07) is 1.43. The fourth-order valence-corrected chi connectivity index (χ4v) is 1.88. The predicted octanol–water partition coefficient (Wildman–Crippen LogP) is 2.89. The van der Waals surface area contributed by atoms with Gasteiger partial charge in [-0.1, -0.05) is 27.2 Å². The molecule has 1 atom stereocenters. The lowest BCUT2D eigenvalue weighted by molar-refractivity contribution is 0.240. The highest BCUT2D eigenvalue weighted by atomic mass is 15.1. The van der Waals surface area contributed by atoms with E-state index >= 15 is 0 Å². The average Bonchev–Trinajstić information content (AvgIpc) is 2.24. The van der Waals surface area contributed by atoms with E-state index in [0.29, 0.717) is 6.04 Å². The first-order chi connectivity index (χ1) is 7.15. The summed E-state index contributed by atoms with van der Waals surface area (Å²) in [4.78, 5) is 2.46. The molecule has 2 nitrogen and oxygen atoms in total. The van der Waals surface area contributed by atoms with E-state index in [1.165, 1.54) is 25.7 Å². The van der Waals surface area contributed by atoms with Crippen LogP contribution in [0, 0.1) is 0 Å². The molecule has 2 heteroatoms. The largest absolute Gasteiger partial charge is 0.313 e. The molecule has 0 saturated heterocycles. The van der Waals surface area contributed by atoms with Crippen LogP contribution in [0.15, 0.2) is 0 Å². The van der Waals surface area contributed by atoms with E-state index < -0.39 is 0 Å². The predicted molar refractivity (Wildman–Crippen MR) is 69.4 cm³/mol. The molecule has 0 aromatic rings. The van der Waals surface area contributed by atoms with Gasteiger partial charge in [-0.15, -0.1) is 0 Å². The summed E-state index contributed by atoms with van der Waals surface area (Å²) in [7, 11) is 2.23. The average molecular weight is 214 g/mol. The maximum atomic E-state index is 3.61. The maximum absolute atomic E-state index is 3.61. The molecular formula is C13H30N2. The Morgan fingerprint density at radius 2 is 1.73 bits per heavy atom. The van der Waals surface area contributed by atoms with Crippen molar-refractivity contribution in [3.63, 3.8) is 0 Å². The van der Waals surface area contributed by atoms with Gasteiger partial charge in [0.1, 0.15) is 0 Å². The summed E-state index contributed by atoms with van der Waals surface area (Å²) in [5.41, 5.74) is 0. The molecule has 15 heavy (non-hydrogen) atoms. The van der Waals surface area contributed by atoms with Crippen molar-refractivity contribution in [3.05, 3.63) is 0 Å². The van der Waals surface area contributed by atoms with Gasteiger partial charge in [-0.05, 0) is 33.2 Å². The van der Waals surface area contributed by atoms with Gasteiger partial charge in [0.25, 0.3) is 0 Å². The number of likely N-dealkylation sites (N-methyl/N-ethyl adjacent to an activating group) is 1. The first-order valence-electron chi connectivity index (χ1n) is 6.59. The molecule has 1 N–H and O–H groups in total. The van der Waals surface area contributed by atoms with Gasteiger partial charge >= 0.3 is 0 Å². The molecule has 0 amide bonds. The zero-order valence-corrected chi connectivity index (χ0v) is 11.3. The van der Waals surface area contributed by atoms with Gasteiger partial charge in [0.2, 0.25) is 0 Å². The summed E-state index contributed by atoms with van der Waals surface area (Å²) in [5, 5.41) is 3.61. The van der Waals surface area contributed by atoms with Crippen molar-refractivity contribution in [2.75, 3.05) is 20.1 Å². The third-order valence-corrected chi connectivity index (χ3v) is 3.34. The van der Waals surface area contributed by atoms with Crippen LogP contribution < -0.4 is 5.32 Å².